The minimum atomic E-state index is -0.886. The maximum absolute atomic E-state index is 12.6. The largest absolute Gasteiger partial charge is 0.481 e. The molecule has 0 bridgehead atoms. The first kappa shape index (κ1) is 15.0. The number of aryl methyl sites for hydroxylation is 2. The van der Waals surface area contributed by atoms with Crippen molar-refractivity contribution >= 4 is 23.2 Å². The zero-order valence-electron chi connectivity index (χ0n) is 11.9. The molecule has 1 aromatic heterocycles. The second-order valence-electron chi connectivity index (χ2n) is 5.15. The normalized spacial score (nSPS) is 22.2. The van der Waals surface area contributed by atoms with Gasteiger partial charge in [0, 0.05) is 24.6 Å². The highest BCUT2D eigenvalue weighted by atomic mass is 32.1. The Labute approximate surface area is 122 Å². The van der Waals surface area contributed by atoms with Crippen LogP contribution in [0, 0.1) is 13.8 Å². The Kier molecular flexibility index (Phi) is 4.45. The minimum Gasteiger partial charge on any atom is -0.481 e. The SMILES string of the molecule is COC1CC(CC(=O)O)N(C(=O)c2cc(C)c(C)s2)C1. The fraction of sp³-hybridized carbons (Fsp3) is 0.571. The molecular formula is C14H19NO4S. The number of ether oxygens (including phenoxy) is 1. The van der Waals surface area contributed by atoms with Gasteiger partial charge in [-0.25, -0.2) is 0 Å². The molecule has 0 radical (unpaired) electrons. The lowest BCUT2D eigenvalue weighted by molar-refractivity contribution is -0.137. The number of rotatable bonds is 4. The van der Waals surface area contributed by atoms with E-state index in [0.717, 1.165) is 10.4 Å². The number of nitrogens with zero attached hydrogens (tertiary/aromatic N) is 1. The van der Waals surface area contributed by atoms with Gasteiger partial charge in [-0.3, -0.25) is 9.59 Å². The standard InChI is InChI=1S/C14H19NO4S/c1-8-4-12(20-9(8)2)14(18)15-7-11(19-3)5-10(15)6-13(16)17/h4,10-11H,5-7H2,1-3H3,(H,16,17). The Morgan fingerprint density at radius 1 is 1.50 bits per heavy atom. The van der Waals surface area contributed by atoms with Gasteiger partial charge in [0.15, 0.2) is 0 Å². The second kappa shape index (κ2) is 5.93. The molecule has 110 valence electrons. The molecule has 2 unspecified atom stereocenters. The van der Waals surface area contributed by atoms with Crippen molar-refractivity contribution in [2.45, 2.75) is 38.8 Å². The van der Waals surface area contributed by atoms with E-state index in [1.54, 1.807) is 12.0 Å². The Morgan fingerprint density at radius 2 is 2.20 bits per heavy atom. The van der Waals surface area contributed by atoms with Gasteiger partial charge >= 0.3 is 5.97 Å². The molecule has 1 fully saturated rings. The lowest BCUT2D eigenvalue weighted by Crippen LogP contribution is -2.36. The third kappa shape index (κ3) is 3.02. The van der Waals surface area contributed by atoms with Crippen LogP contribution in [-0.2, 0) is 9.53 Å². The zero-order chi connectivity index (χ0) is 14.9. The lowest BCUT2D eigenvalue weighted by atomic mass is 10.1. The maximum atomic E-state index is 12.6. The van der Waals surface area contributed by atoms with E-state index in [1.165, 1.54) is 11.3 Å². The van der Waals surface area contributed by atoms with Gasteiger partial charge in [0.05, 0.1) is 17.4 Å². The van der Waals surface area contributed by atoms with Crippen molar-refractivity contribution in [3.05, 3.63) is 21.4 Å². The van der Waals surface area contributed by atoms with E-state index < -0.39 is 5.97 Å². The number of carboxylic acids is 1. The number of likely N-dealkylation sites (tertiary alicyclic amines) is 1. The van der Waals surface area contributed by atoms with Gasteiger partial charge in [-0.1, -0.05) is 0 Å². The Balaban J connectivity index is 2.19. The number of methoxy groups -OCH3 is 1. The third-order valence-corrected chi connectivity index (χ3v) is 4.90. The van der Waals surface area contributed by atoms with E-state index >= 15 is 0 Å². The van der Waals surface area contributed by atoms with E-state index in [4.69, 9.17) is 9.84 Å². The molecule has 0 spiro atoms. The summed E-state index contributed by atoms with van der Waals surface area (Å²) in [6, 6.07) is 1.59. The number of amides is 1. The summed E-state index contributed by atoms with van der Waals surface area (Å²) in [5.74, 6) is -0.972. The second-order valence-corrected chi connectivity index (χ2v) is 6.41. The van der Waals surface area contributed by atoms with Crippen LogP contribution in [0.3, 0.4) is 0 Å². The number of aliphatic carboxylic acids is 1. The van der Waals surface area contributed by atoms with Crippen LogP contribution in [0.2, 0.25) is 0 Å². The van der Waals surface area contributed by atoms with Gasteiger partial charge in [0.1, 0.15) is 0 Å². The summed E-state index contributed by atoms with van der Waals surface area (Å²) >= 11 is 1.46. The first-order valence-corrected chi connectivity index (χ1v) is 7.36. The van der Waals surface area contributed by atoms with E-state index in [-0.39, 0.29) is 24.5 Å². The van der Waals surface area contributed by atoms with Crippen LogP contribution in [-0.4, -0.2) is 47.7 Å². The molecule has 0 saturated carbocycles. The highest BCUT2D eigenvalue weighted by molar-refractivity contribution is 7.14. The third-order valence-electron chi connectivity index (χ3n) is 3.76. The van der Waals surface area contributed by atoms with Crippen molar-refractivity contribution in [2.24, 2.45) is 0 Å². The van der Waals surface area contributed by atoms with E-state index in [2.05, 4.69) is 0 Å². The summed E-state index contributed by atoms with van der Waals surface area (Å²) in [4.78, 5) is 26.9. The molecule has 1 aliphatic rings. The molecule has 2 rings (SSSR count). The molecule has 0 aromatic carbocycles. The first-order chi connectivity index (χ1) is 9.42. The number of carbonyl (C=O) groups is 2. The molecule has 1 N–H and O–H groups in total. The monoisotopic (exact) mass is 297 g/mol. The van der Waals surface area contributed by atoms with Crippen LogP contribution in [0.4, 0.5) is 0 Å². The van der Waals surface area contributed by atoms with Gasteiger partial charge in [-0.05, 0) is 31.9 Å². The van der Waals surface area contributed by atoms with Crippen LogP contribution in [0.1, 0.15) is 33.0 Å². The van der Waals surface area contributed by atoms with Crippen molar-refractivity contribution in [3.8, 4) is 0 Å². The summed E-state index contributed by atoms with van der Waals surface area (Å²) in [6.07, 6.45) is 0.470. The molecule has 1 saturated heterocycles. The molecule has 0 aliphatic carbocycles. The fourth-order valence-corrected chi connectivity index (χ4v) is 3.50. The number of hydrogen-bond donors (Lipinski definition) is 1. The summed E-state index contributed by atoms with van der Waals surface area (Å²) in [7, 11) is 1.59. The summed E-state index contributed by atoms with van der Waals surface area (Å²) < 4.78 is 5.28. The number of hydrogen-bond acceptors (Lipinski definition) is 4. The van der Waals surface area contributed by atoms with Crippen LogP contribution in [0.5, 0.6) is 0 Å². The molecule has 1 amide bonds. The molecule has 1 aliphatic heterocycles. The molecule has 2 heterocycles. The van der Waals surface area contributed by atoms with Crippen molar-refractivity contribution < 1.29 is 19.4 Å². The number of carboxylic acid groups (broad SMARTS) is 1. The quantitative estimate of drug-likeness (QED) is 0.924. The number of carbonyl (C=O) groups excluding carboxylic acids is 1. The van der Waals surface area contributed by atoms with Gasteiger partial charge in [0.2, 0.25) is 0 Å². The molecule has 2 atom stereocenters. The molecule has 5 nitrogen and oxygen atoms in total. The van der Waals surface area contributed by atoms with Crippen LogP contribution in [0.15, 0.2) is 6.07 Å². The summed E-state index contributed by atoms with van der Waals surface area (Å²) in [5.41, 5.74) is 1.09. The van der Waals surface area contributed by atoms with Gasteiger partial charge < -0.3 is 14.7 Å². The van der Waals surface area contributed by atoms with Gasteiger partial charge in [-0.15, -0.1) is 11.3 Å². The highest BCUT2D eigenvalue weighted by Gasteiger charge is 2.37. The lowest BCUT2D eigenvalue weighted by Gasteiger charge is -2.22. The van der Waals surface area contributed by atoms with Crippen molar-refractivity contribution in [1.82, 2.24) is 4.90 Å². The molecule has 6 heteroatoms. The predicted molar refractivity (Wildman–Crippen MR) is 76.3 cm³/mol. The highest BCUT2D eigenvalue weighted by Crippen LogP contribution is 2.28. The predicted octanol–water partition coefficient (Wildman–Crippen LogP) is 2.07. The maximum Gasteiger partial charge on any atom is 0.305 e. The van der Waals surface area contributed by atoms with Crippen molar-refractivity contribution in [3.63, 3.8) is 0 Å². The Hall–Kier alpha value is -1.40. The van der Waals surface area contributed by atoms with E-state index in [1.807, 2.05) is 19.9 Å². The summed E-state index contributed by atoms with van der Waals surface area (Å²) in [6.45, 7) is 4.41. The van der Waals surface area contributed by atoms with Crippen LogP contribution >= 0.6 is 11.3 Å². The van der Waals surface area contributed by atoms with Crippen LogP contribution in [0.25, 0.3) is 0 Å². The molecule has 1 aromatic rings. The average molecular weight is 297 g/mol. The number of thiophene rings is 1. The first-order valence-electron chi connectivity index (χ1n) is 6.55. The van der Waals surface area contributed by atoms with Gasteiger partial charge in [-0.2, -0.15) is 0 Å². The summed E-state index contributed by atoms with van der Waals surface area (Å²) in [5, 5.41) is 8.98. The topological polar surface area (TPSA) is 66.8 Å². The smallest absolute Gasteiger partial charge is 0.305 e. The molecule has 20 heavy (non-hydrogen) atoms. The zero-order valence-corrected chi connectivity index (χ0v) is 12.7. The van der Waals surface area contributed by atoms with E-state index in [0.29, 0.717) is 17.8 Å². The van der Waals surface area contributed by atoms with Crippen LogP contribution < -0.4 is 0 Å². The average Bonchev–Trinajstić information content (AvgIpc) is 2.92. The Bertz CT molecular complexity index is 506. The Morgan fingerprint density at radius 3 is 2.70 bits per heavy atom. The van der Waals surface area contributed by atoms with E-state index in [9.17, 15) is 9.59 Å². The fourth-order valence-electron chi connectivity index (χ4n) is 2.51. The minimum absolute atomic E-state index is 0.0328. The van der Waals surface area contributed by atoms with Gasteiger partial charge in [0.25, 0.3) is 5.91 Å². The molecular weight excluding hydrogens is 278 g/mol. The van der Waals surface area contributed by atoms with Crippen molar-refractivity contribution in [1.29, 1.82) is 0 Å². The van der Waals surface area contributed by atoms with Crippen molar-refractivity contribution in [2.75, 3.05) is 13.7 Å².